The molecule has 0 aliphatic heterocycles. The lowest BCUT2D eigenvalue weighted by atomic mass is 9.75. The Morgan fingerprint density at radius 1 is 1.24 bits per heavy atom. The van der Waals surface area contributed by atoms with E-state index in [2.05, 4.69) is 50.4 Å². The first-order chi connectivity index (χ1) is 10.2. The molecule has 120 valence electrons. The molecule has 0 aromatic heterocycles. The van der Waals surface area contributed by atoms with E-state index in [0.717, 1.165) is 19.7 Å². The number of methoxy groups -OCH3 is 1. The average molecular weight is 291 g/mol. The van der Waals surface area contributed by atoms with Gasteiger partial charge in [-0.3, -0.25) is 0 Å². The number of rotatable bonds is 11. The second-order valence-electron chi connectivity index (χ2n) is 6.29. The van der Waals surface area contributed by atoms with Gasteiger partial charge in [-0.1, -0.05) is 56.5 Å². The van der Waals surface area contributed by atoms with Crippen LogP contribution in [-0.2, 0) is 11.2 Å². The Hall–Kier alpha value is -0.860. The normalized spacial score (nSPS) is 14.1. The fraction of sp³-hybridized carbons (Fsp3) is 0.684. The molecule has 0 aliphatic rings. The van der Waals surface area contributed by atoms with Crippen LogP contribution in [0.15, 0.2) is 24.3 Å². The number of benzene rings is 1. The molecule has 2 nitrogen and oxygen atoms in total. The monoisotopic (exact) mass is 291 g/mol. The van der Waals surface area contributed by atoms with Crippen molar-refractivity contribution in [2.45, 2.75) is 52.9 Å². The second-order valence-corrected chi connectivity index (χ2v) is 6.29. The van der Waals surface area contributed by atoms with Crippen LogP contribution in [0, 0.1) is 12.3 Å². The first-order valence-electron chi connectivity index (χ1n) is 8.41. The highest BCUT2D eigenvalue weighted by Crippen LogP contribution is 2.32. The Balaban J connectivity index is 2.73. The fourth-order valence-electron chi connectivity index (χ4n) is 3.00. The van der Waals surface area contributed by atoms with Gasteiger partial charge in [0, 0.05) is 20.2 Å². The second kappa shape index (κ2) is 9.97. The predicted molar refractivity (Wildman–Crippen MR) is 91.9 cm³/mol. The Labute approximate surface area is 131 Å². The number of nitrogens with one attached hydrogen (secondary N) is 1. The van der Waals surface area contributed by atoms with Crippen LogP contribution in [0.4, 0.5) is 0 Å². The summed E-state index contributed by atoms with van der Waals surface area (Å²) in [4.78, 5) is 0. The third-order valence-corrected chi connectivity index (χ3v) is 4.46. The molecule has 0 bridgehead atoms. The van der Waals surface area contributed by atoms with Crippen molar-refractivity contribution >= 4 is 0 Å². The van der Waals surface area contributed by atoms with Crippen LogP contribution in [0.3, 0.4) is 0 Å². The topological polar surface area (TPSA) is 21.3 Å². The van der Waals surface area contributed by atoms with E-state index >= 15 is 0 Å². The molecule has 0 amide bonds. The lowest BCUT2D eigenvalue weighted by Gasteiger charge is -2.34. The molecule has 0 saturated carbocycles. The van der Waals surface area contributed by atoms with Crippen LogP contribution in [0.1, 0.15) is 50.7 Å². The highest BCUT2D eigenvalue weighted by Gasteiger charge is 2.27. The summed E-state index contributed by atoms with van der Waals surface area (Å²) in [6, 6.07) is 8.98. The Kier molecular flexibility index (Phi) is 8.63. The van der Waals surface area contributed by atoms with E-state index in [0.29, 0.717) is 5.41 Å². The number of hydrogen-bond donors (Lipinski definition) is 1. The SMILES string of the molecule is CCCCC(CC)(CNCCOC)Cc1cccc(C)c1. The maximum atomic E-state index is 5.14. The van der Waals surface area contributed by atoms with Gasteiger partial charge in [-0.25, -0.2) is 0 Å². The maximum Gasteiger partial charge on any atom is 0.0587 e. The molecule has 0 aliphatic carbocycles. The summed E-state index contributed by atoms with van der Waals surface area (Å²) >= 11 is 0. The molecule has 1 unspecified atom stereocenters. The summed E-state index contributed by atoms with van der Waals surface area (Å²) in [6.45, 7) is 9.62. The van der Waals surface area contributed by atoms with Crippen LogP contribution in [0.2, 0.25) is 0 Å². The number of ether oxygens (including phenoxy) is 1. The highest BCUT2D eigenvalue weighted by molar-refractivity contribution is 5.23. The minimum atomic E-state index is 0.373. The summed E-state index contributed by atoms with van der Waals surface area (Å²) in [5, 5.41) is 3.60. The number of hydrogen-bond acceptors (Lipinski definition) is 2. The van der Waals surface area contributed by atoms with Gasteiger partial charge < -0.3 is 10.1 Å². The van der Waals surface area contributed by atoms with Crippen LogP contribution in [-0.4, -0.2) is 26.8 Å². The number of aryl methyl sites for hydroxylation is 1. The van der Waals surface area contributed by atoms with Crippen LogP contribution >= 0.6 is 0 Å². The molecular formula is C19H33NO. The molecule has 1 aromatic rings. The van der Waals surface area contributed by atoms with E-state index in [9.17, 15) is 0 Å². The third kappa shape index (κ3) is 6.62. The van der Waals surface area contributed by atoms with Crippen molar-refractivity contribution in [2.75, 3.05) is 26.8 Å². The molecule has 1 atom stereocenters. The van der Waals surface area contributed by atoms with Gasteiger partial charge in [-0.15, -0.1) is 0 Å². The Morgan fingerprint density at radius 2 is 2.05 bits per heavy atom. The molecule has 0 spiro atoms. The van der Waals surface area contributed by atoms with Gasteiger partial charge in [0.05, 0.1) is 6.61 Å². The molecule has 1 aromatic carbocycles. The van der Waals surface area contributed by atoms with Crippen molar-refractivity contribution in [1.29, 1.82) is 0 Å². The summed E-state index contributed by atoms with van der Waals surface area (Å²) in [6.07, 6.45) is 6.28. The third-order valence-electron chi connectivity index (χ3n) is 4.46. The van der Waals surface area contributed by atoms with Crippen molar-refractivity contribution in [1.82, 2.24) is 5.32 Å². The zero-order valence-electron chi connectivity index (χ0n) is 14.4. The van der Waals surface area contributed by atoms with Gasteiger partial charge in [0.2, 0.25) is 0 Å². The first-order valence-corrected chi connectivity index (χ1v) is 8.41. The van der Waals surface area contributed by atoms with E-state index in [-0.39, 0.29) is 0 Å². The van der Waals surface area contributed by atoms with Gasteiger partial charge in [0.1, 0.15) is 0 Å². The van der Waals surface area contributed by atoms with Gasteiger partial charge in [0.15, 0.2) is 0 Å². The van der Waals surface area contributed by atoms with Crippen LogP contribution < -0.4 is 5.32 Å². The maximum absolute atomic E-state index is 5.14. The molecular weight excluding hydrogens is 258 g/mol. The Morgan fingerprint density at radius 3 is 2.67 bits per heavy atom. The summed E-state index contributed by atoms with van der Waals surface area (Å²) in [7, 11) is 1.76. The first kappa shape index (κ1) is 18.2. The molecule has 1 N–H and O–H groups in total. The minimum Gasteiger partial charge on any atom is -0.383 e. The van der Waals surface area contributed by atoms with Gasteiger partial charge in [-0.2, -0.15) is 0 Å². The summed E-state index contributed by atoms with van der Waals surface area (Å²) < 4.78 is 5.14. The van der Waals surface area contributed by atoms with Crippen molar-refractivity contribution in [3.63, 3.8) is 0 Å². The lowest BCUT2D eigenvalue weighted by molar-refractivity contribution is 0.182. The molecule has 0 heterocycles. The Bertz CT molecular complexity index is 391. The molecule has 0 radical (unpaired) electrons. The predicted octanol–water partition coefficient (Wildman–Crippen LogP) is 4.36. The van der Waals surface area contributed by atoms with Gasteiger partial charge >= 0.3 is 0 Å². The van der Waals surface area contributed by atoms with E-state index in [1.807, 2.05) is 0 Å². The van der Waals surface area contributed by atoms with Crippen molar-refractivity contribution in [3.05, 3.63) is 35.4 Å². The number of unbranched alkanes of at least 4 members (excludes halogenated alkanes) is 1. The molecule has 0 saturated heterocycles. The zero-order chi connectivity index (χ0) is 15.6. The summed E-state index contributed by atoms with van der Waals surface area (Å²) in [5.74, 6) is 0. The van der Waals surface area contributed by atoms with Gasteiger partial charge in [-0.05, 0) is 37.2 Å². The zero-order valence-corrected chi connectivity index (χ0v) is 14.4. The van der Waals surface area contributed by atoms with Gasteiger partial charge in [0.25, 0.3) is 0 Å². The van der Waals surface area contributed by atoms with Crippen molar-refractivity contribution in [3.8, 4) is 0 Å². The van der Waals surface area contributed by atoms with E-state index in [4.69, 9.17) is 4.74 Å². The quantitative estimate of drug-likeness (QED) is 0.612. The van der Waals surface area contributed by atoms with E-state index < -0.39 is 0 Å². The molecule has 1 rings (SSSR count). The summed E-state index contributed by atoms with van der Waals surface area (Å²) in [5.41, 5.74) is 3.21. The standard InChI is InChI=1S/C19H33NO/c1-5-7-11-19(6-2,16-20-12-13-21-4)15-18-10-8-9-17(3)14-18/h8-10,14,20H,5-7,11-13,15-16H2,1-4H3. The minimum absolute atomic E-state index is 0.373. The molecule has 21 heavy (non-hydrogen) atoms. The molecule has 0 fully saturated rings. The van der Waals surface area contributed by atoms with Crippen molar-refractivity contribution in [2.24, 2.45) is 5.41 Å². The fourth-order valence-corrected chi connectivity index (χ4v) is 3.00. The molecule has 2 heteroatoms. The lowest BCUT2D eigenvalue weighted by Crippen LogP contribution is -2.37. The largest absolute Gasteiger partial charge is 0.383 e. The van der Waals surface area contributed by atoms with Crippen LogP contribution in [0.5, 0.6) is 0 Å². The van der Waals surface area contributed by atoms with E-state index in [1.54, 1.807) is 7.11 Å². The van der Waals surface area contributed by atoms with Crippen molar-refractivity contribution < 1.29 is 4.74 Å². The van der Waals surface area contributed by atoms with Crippen LogP contribution in [0.25, 0.3) is 0 Å². The average Bonchev–Trinajstić information content (AvgIpc) is 2.49. The van der Waals surface area contributed by atoms with E-state index in [1.165, 1.54) is 43.2 Å². The highest BCUT2D eigenvalue weighted by atomic mass is 16.5. The smallest absolute Gasteiger partial charge is 0.0587 e.